The largest absolute Gasteiger partial charge is 0.454 e. The molecule has 1 aromatic carbocycles. The minimum absolute atomic E-state index is 0.101. The molecular weight excluding hydrogens is 402 g/mol. The lowest BCUT2D eigenvalue weighted by atomic mass is 10.0. The first-order chi connectivity index (χ1) is 15.2. The summed E-state index contributed by atoms with van der Waals surface area (Å²) < 4.78 is 18.3. The highest BCUT2D eigenvalue weighted by molar-refractivity contribution is 6.35. The van der Waals surface area contributed by atoms with Crippen molar-refractivity contribution in [1.29, 1.82) is 0 Å². The van der Waals surface area contributed by atoms with E-state index in [0.717, 1.165) is 25.2 Å². The number of carbonyl (C=O) groups excluding carboxylic acids is 2. The Balaban J connectivity index is 1.31. The normalized spacial score (nSPS) is 16.6. The monoisotopic (exact) mass is 429 g/mol. The van der Waals surface area contributed by atoms with Crippen LogP contribution in [0.15, 0.2) is 36.9 Å². The van der Waals surface area contributed by atoms with Crippen LogP contribution in [0.5, 0.6) is 11.5 Å². The Morgan fingerprint density at radius 3 is 2.71 bits per heavy atom. The average Bonchev–Trinajstić information content (AvgIpc) is 3.49. The Kier molecular flexibility index (Phi) is 7.00. The third-order valence-corrected chi connectivity index (χ3v) is 5.37. The van der Waals surface area contributed by atoms with Crippen LogP contribution in [0.1, 0.15) is 18.0 Å². The Labute approximate surface area is 180 Å². The summed E-state index contributed by atoms with van der Waals surface area (Å²) in [7, 11) is 0. The van der Waals surface area contributed by atoms with Gasteiger partial charge in [-0.1, -0.05) is 6.07 Å². The van der Waals surface area contributed by atoms with Crippen LogP contribution in [0.3, 0.4) is 0 Å². The Morgan fingerprint density at radius 1 is 1.10 bits per heavy atom. The van der Waals surface area contributed by atoms with Crippen LogP contribution in [0.4, 0.5) is 0 Å². The van der Waals surface area contributed by atoms with Crippen molar-refractivity contribution in [3.63, 3.8) is 0 Å². The van der Waals surface area contributed by atoms with Crippen LogP contribution >= 0.6 is 0 Å². The molecule has 2 aromatic rings. The summed E-state index contributed by atoms with van der Waals surface area (Å²) in [6.07, 6.45) is 5.99. The van der Waals surface area contributed by atoms with Gasteiger partial charge in [0.25, 0.3) is 0 Å². The quantitative estimate of drug-likeness (QED) is 0.459. The molecule has 1 fully saturated rings. The molecule has 0 unspecified atom stereocenters. The number of morpholine rings is 1. The van der Waals surface area contributed by atoms with Crippen molar-refractivity contribution in [1.82, 2.24) is 25.1 Å². The molecule has 0 aliphatic carbocycles. The van der Waals surface area contributed by atoms with Gasteiger partial charge in [0.1, 0.15) is 0 Å². The number of benzene rings is 1. The van der Waals surface area contributed by atoms with Crippen LogP contribution in [0, 0.1) is 0 Å². The van der Waals surface area contributed by atoms with E-state index in [2.05, 4.69) is 20.5 Å². The second-order valence-electron chi connectivity index (χ2n) is 7.40. The number of amides is 2. The zero-order valence-electron chi connectivity index (χ0n) is 17.3. The highest BCUT2D eigenvalue weighted by Crippen LogP contribution is 2.35. The molecule has 0 spiro atoms. The maximum absolute atomic E-state index is 12.3. The zero-order valence-corrected chi connectivity index (χ0v) is 17.3. The summed E-state index contributed by atoms with van der Waals surface area (Å²) >= 11 is 0. The number of nitrogens with zero attached hydrogens (tertiary/aromatic N) is 3. The molecule has 31 heavy (non-hydrogen) atoms. The minimum atomic E-state index is -0.637. The molecule has 4 rings (SSSR count). The summed E-state index contributed by atoms with van der Waals surface area (Å²) in [6, 6.07) is 5.68. The molecule has 10 heteroatoms. The number of nitrogens with one attached hydrogen (secondary N) is 2. The fraction of sp³-hybridized carbons (Fsp3) is 0.476. The zero-order chi connectivity index (χ0) is 21.5. The number of aromatic nitrogens is 2. The van der Waals surface area contributed by atoms with Gasteiger partial charge >= 0.3 is 11.8 Å². The standard InChI is InChI=1S/C21H27N5O5/c27-20(23-4-1-6-25-7-5-22-14-25)21(28)24-13-17(26-8-10-29-11-9-26)16-2-3-18-19(12-16)31-15-30-18/h2-3,5,7,12,14,17H,1,4,6,8-11,13,15H2,(H,23,27)(H,24,28)/t17-/m0/s1. The fourth-order valence-electron chi connectivity index (χ4n) is 3.70. The van der Waals surface area contributed by atoms with Crippen LogP contribution in [0.2, 0.25) is 0 Å². The molecule has 2 N–H and O–H groups in total. The van der Waals surface area contributed by atoms with Crippen LogP contribution in [-0.2, 0) is 20.9 Å². The Morgan fingerprint density at radius 2 is 1.90 bits per heavy atom. The van der Waals surface area contributed by atoms with Gasteiger partial charge in [-0.05, 0) is 24.1 Å². The summed E-state index contributed by atoms with van der Waals surface area (Å²) in [5.41, 5.74) is 0.993. The molecule has 0 saturated carbocycles. The molecule has 10 nitrogen and oxygen atoms in total. The Bertz CT molecular complexity index is 882. The molecule has 2 aliphatic rings. The predicted octanol–water partition coefficient (Wildman–Crippen LogP) is 0.308. The molecule has 1 aromatic heterocycles. The van der Waals surface area contributed by atoms with E-state index in [9.17, 15) is 9.59 Å². The van der Waals surface area contributed by atoms with E-state index >= 15 is 0 Å². The number of fused-ring (bicyclic) bond motifs is 1. The van der Waals surface area contributed by atoms with Gasteiger partial charge in [-0.25, -0.2) is 4.98 Å². The molecule has 0 radical (unpaired) electrons. The summed E-state index contributed by atoms with van der Waals surface area (Å²) in [5.74, 6) is 0.139. The number of rotatable bonds is 8. The number of hydrogen-bond acceptors (Lipinski definition) is 7. The molecule has 1 saturated heterocycles. The predicted molar refractivity (Wildman–Crippen MR) is 111 cm³/mol. The smallest absolute Gasteiger partial charge is 0.309 e. The van der Waals surface area contributed by atoms with Gasteiger partial charge in [0.15, 0.2) is 11.5 Å². The van der Waals surface area contributed by atoms with Gasteiger partial charge < -0.3 is 29.4 Å². The van der Waals surface area contributed by atoms with Gasteiger partial charge in [0, 0.05) is 45.1 Å². The van der Waals surface area contributed by atoms with Crippen LogP contribution < -0.4 is 20.1 Å². The first-order valence-electron chi connectivity index (χ1n) is 10.4. The number of ether oxygens (including phenoxy) is 3. The van der Waals surface area contributed by atoms with Crippen molar-refractivity contribution in [3.05, 3.63) is 42.5 Å². The first-order valence-corrected chi connectivity index (χ1v) is 10.4. The van der Waals surface area contributed by atoms with E-state index < -0.39 is 11.8 Å². The van der Waals surface area contributed by atoms with E-state index in [1.807, 2.05) is 29.0 Å². The number of hydrogen-bond donors (Lipinski definition) is 2. The van der Waals surface area contributed by atoms with Gasteiger partial charge in [-0.2, -0.15) is 0 Å². The minimum Gasteiger partial charge on any atom is -0.454 e. The maximum atomic E-state index is 12.3. The number of imidazole rings is 1. The third kappa shape index (κ3) is 5.53. The highest BCUT2D eigenvalue weighted by atomic mass is 16.7. The lowest BCUT2D eigenvalue weighted by Crippen LogP contribution is -2.46. The maximum Gasteiger partial charge on any atom is 0.309 e. The second-order valence-corrected chi connectivity index (χ2v) is 7.40. The van der Waals surface area contributed by atoms with Gasteiger partial charge in [-0.15, -0.1) is 0 Å². The molecular formula is C21H27N5O5. The average molecular weight is 429 g/mol. The van der Waals surface area contributed by atoms with Crippen LogP contribution in [-0.4, -0.2) is 72.5 Å². The molecule has 3 heterocycles. The second kappa shape index (κ2) is 10.3. The van der Waals surface area contributed by atoms with Gasteiger partial charge in [-0.3, -0.25) is 14.5 Å². The van der Waals surface area contributed by atoms with E-state index in [4.69, 9.17) is 14.2 Å². The SMILES string of the molecule is O=C(NCCCn1ccnc1)C(=O)NC[C@@H](c1ccc2c(c1)OCO2)N1CCOCC1. The van der Waals surface area contributed by atoms with Crippen molar-refractivity contribution in [2.24, 2.45) is 0 Å². The molecule has 166 valence electrons. The third-order valence-electron chi connectivity index (χ3n) is 5.37. The molecule has 2 amide bonds. The van der Waals surface area contributed by atoms with Gasteiger partial charge in [0.05, 0.1) is 25.6 Å². The van der Waals surface area contributed by atoms with Crippen molar-refractivity contribution < 1.29 is 23.8 Å². The summed E-state index contributed by atoms with van der Waals surface area (Å²) in [4.78, 5) is 30.7. The number of aryl methyl sites for hydroxylation is 1. The lowest BCUT2D eigenvalue weighted by Gasteiger charge is -2.34. The lowest BCUT2D eigenvalue weighted by molar-refractivity contribution is -0.139. The van der Waals surface area contributed by atoms with E-state index in [1.54, 1.807) is 12.5 Å². The number of carbonyl (C=O) groups is 2. The van der Waals surface area contributed by atoms with Crippen molar-refractivity contribution >= 4 is 11.8 Å². The highest BCUT2D eigenvalue weighted by Gasteiger charge is 2.26. The summed E-state index contributed by atoms with van der Waals surface area (Å²) in [6.45, 7) is 4.41. The molecule has 0 bridgehead atoms. The fourth-order valence-corrected chi connectivity index (χ4v) is 3.70. The Hall–Kier alpha value is -3.11. The molecule has 1 atom stereocenters. The van der Waals surface area contributed by atoms with Crippen molar-refractivity contribution in [2.75, 3.05) is 46.2 Å². The van der Waals surface area contributed by atoms with E-state index in [0.29, 0.717) is 44.2 Å². The van der Waals surface area contributed by atoms with E-state index in [-0.39, 0.29) is 12.8 Å². The molecule has 2 aliphatic heterocycles. The first kappa shape index (κ1) is 21.1. The summed E-state index contributed by atoms with van der Waals surface area (Å²) in [5, 5.41) is 5.45. The topological polar surface area (TPSA) is 107 Å². The van der Waals surface area contributed by atoms with Gasteiger partial charge in [0.2, 0.25) is 6.79 Å². The van der Waals surface area contributed by atoms with Crippen molar-refractivity contribution in [3.8, 4) is 11.5 Å². The van der Waals surface area contributed by atoms with Crippen molar-refractivity contribution in [2.45, 2.75) is 19.0 Å². The van der Waals surface area contributed by atoms with Crippen LogP contribution in [0.25, 0.3) is 0 Å². The van der Waals surface area contributed by atoms with E-state index in [1.165, 1.54) is 0 Å².